The van der Waals surface area contributed by atoms with Gasteiger partial charge in [-0.2, -0.15) is 9.57 Å². The van der Waals surface area contributed by atoms with Crippen molar-refractivity contribution in [1.82, 2.24) is 4.31 Å². The van der Waals surface area contributed by atoms with Crippen molar-refractivity contribution in [2.45, 2.75) is 38.1 Å². The van der Waals surface area contributed by atoms with E-state index in [1.165, 1.54) is 4.31 Å². The lowest BCUT2D eigenvalue weighted by molar-refractivity contribution is 0.360. The summed E-state index contributed by atoms with van der Waals surface area (Å²) in [6.07, 6.45) is 0.185. The van der Waals surface area contributed by atoms with Gasteiger partial charge in [-0.15, -0.1) is 0 Å². The van der Waals surface area contributed by atoms with Gasteiger partial charge in [-0.3, -0.25) is 0 Å². The summed E-state index contributed by atoms with van der Waals surface area (Å²) >= 11 is 3.29. The molecular formula is C13H17BrN2O2S. The molecule has 0 atom stereocenters. The van der Waals surface area contributed by atoms with Gasteiger partial charge in [0.2, 0.25) is 10.0 Å². The smallest absolute Gasteiger partial charge is 0.207 e. The van der Waals surface area contributed by atoms with Crippen molar-refractivity contribution in [3.63, 3.8) is 0 Å². The molecule has 1 aromatic carbocycles. The lowest BCUT2D eigenvalue weighted by Gasteiger charge is -2.25. The van der Waals surface area contributed by atoms with Crippen molar-refractivity contribution in [2.75, 3.05) is 6.54 Å². The molecule has 0 aromatic heterocycles. The number of sulfonamides is 1. The fourth-order valence-electron chi connectivity index (χ4n) is 1.79. The van der Waals surface area contributed by atoms with E-state index >= 15 is 0 Å². The number of aryl methyl sites for hydroxylation is 1. The van der Waals surface area contributed by atoms with Gasteiger partial charge in [-0.25, -0.2) is 8.42 Å². The number of hydrogen-bond donors (Lipinski definition) is 0. The van der Waals surface area contributed by atoms with Gasteiger partial charge >= 0.3 is 0 Å². The Balaban J connectivity index is 3.27. The van der Waals surface area contributed by atoms with Crippen molar-refractivity contribution in [1.29, 1.82) is 5.26 Å². The van der Waals surface area contributed by atoms with E-state index in [-0.39, 0.29) is 23.9 Å². The lowest BCUT2D eigenvalue weighted by atomic mass is 10.2. The van der Waals surface area contributed by atoms with Crippen LogP contribution < -0.4 is 0 Å². The zero-order valence-electron chi connectivity index (χ0n) is 11.2. The van der Waals surface area contributed by atoms with Crippen LogP contribution in [0.4, 0.5) is 0 Å². The third kappa shape index (κ3) is 3.78. The van der Waals surface area contributed by atoms with Crippen LogP contribution in [0.15, 0.2) is 27.6 Å². The van der Waals surface area contributed by atoms with E-state index in [4.69, 9.17) is 5.26 Å². The third-order valence-electron chi connectivity index (χ3n) is 2.76. The minimum Gasteiger partial charge on any atom is -0.207 e. The average Bonchev–Trinajstić information content (AvgIpc) is 2.32. The minimum atomic E-state index is -3.57. The van der Waals surface area contributed by atoms with E-state index in [2.05, 4.69) is 15.9 Å². The highest BCUT2D eigenvalue weighted by Crippen LogP contribution is 2.25. The molecule has 0 saturated heterocycles. The summed E-state index contributed by atoms with van der Waals surface area (Å²) in [6, 6.07) is 6.98. The Hall–Kier alpha value is -0.900. The average molecular weight is 345 g/mol. The predicted octanol–water partition coefficient (Wildman–Crippen LogP) is 3.07. The van der Waals surface area contributed by atoms with Crippen LogP contribution in [0.1, 0.15) is 25.8 Å². The zero-order chi connectivity index (χ0) is 14.6. The van der Waals surface area contributed by atoms with Crippen molar-refractivity contribution in [3.8, 4) is 6.07 Å². The van der Waals surface area contributed by atoms with E-state index in [1.807, 2.05) is 26.0 Å². The van der Waals surface area contributed by atoms with Crippen LogP contribution in [0.25, 0.3) is 0 Å². The lowest BCUT2D eigenvalue weighted by Crippen LogP contribution is -2.37. The van der Waals surface area contributed by atoms with Gasteiger partial charge < -0.3 is 0 Å². The van der Waals surface area contributed by atoms with Crippen LogP contribution in [0.5, 0.6) is 0 Å². The fourth-order valence-corrected chi connectivity index (χ4v) is 4.20. The van der Waals surface area contributed by atoms with Crippen LogP contribution in [0.2, 0.25) is 0 Å². The minimum absolute atomic E-state index is 0.184. The number of hydrogen-bond acceptors (Lipinski definition) is 3. The molecule has 0 saturated carbocycles. The second kappa shape index (κ2) is 6.51. The Morgan fingerprint density at radius 2 is 2.05 bits per heavy atom. The van der Waals surface area contributed by atoms with E-state index in [1.54, 1.807) is 19.1 Å². The summed E-state index contributed by atoms with van der Waals surface area (Å²) in [6.45, 7) is 5.59. The monoisotopic (exact) mass is 344 g/mol. The number of nitriles is 1. The van der Waals surface area contributed by atoms with Crippen molar-refractivity contribution in [3.05, 3.63) is 28.2 Å². The molecule has 1 aromatic rings. The predicted molar refractivity (Wildman–Crippen MR) is 78.1 cm³/mol. The molecule has 0 aliphatic carbocycles. The normalized spacial score (nSPS) is 11.8. The first kappa shape index (κ1) is 16.2. The fraction of sp³-hybridized carbons (Fsp3) is 0.462. The Kier molecular flexibility index (Phi) is 5.53. The molecular weight excluding hydrogens is 328 g/mol. The Morgan fingerprint density at radius 3 is 2.58 bits per heavy atom. The van der Waals surface area contributed by atoms with Gasteiger partial charge in [0.05, 0.1) is 11.0 Å². The number of nitrogens with zero attached hydrogens (tertiary/aromatic N) is 2. The number of benzene rings is 1. The molecule has 104 valence electrons. The van der Waals surface area contributed by atoms with Crippen LogP contribution in [0.3, 0.4) is 0 Å². The molecule has 0 radical (unpaired) electrons. The molecule has 0 heterocycles. The maximum Gasteiger partial charge on any atom is 0.243 e. The van der Waals surface area contributed by atoms with Gasteiger partial charge in [0.25, 0.3) is 0 Å². The van der Waals surface area contributed by atoms with E-state index < -0.39 is 10.0 Å². The van der Waals surface area contributed by atoms with Crippen molar-refractivity contribution >= 4 is 26.0 Å². The second-order valence-electron chi connectivity index (χ2n) is 4.53. The molecule has 1 rings (SSSR count). The van der Waals surface area contributed by atoms with Crippen LogP contribution >= 0.6 is 15.9 Å². The summed E-state index contributed by atoms with van der Waals surface area (Å²) in [5.41, 5.74) is 0.700. The standard InChI is InChI=1S/C13H17BrN2O2S/c1-10(2)16(8-4-7-15)19(17,18)13-9-12(14)6-5-11(13)3/h5-6,9-10H,4,8H2,1-3H3. The first-order valence-electron chi connectivity index (χ1n) is 5.95. The molecule has 0 amide bonds. The maximum absolute atomic E-state index is 12.6. The summed E-state index contributed by atoms with van der Waals surface area (Å²) in [4.78, 5) is 0.286. The molecule has 0 spiro atoms. The molecule has 0 bridgehead atoms. The second-order valence-corrected chi connectivity index (χ2v) is 7.30. The van der Waals surface area contributed by atoms with Crippen LogP contribution in [-0.4, -0.2) is 25.3 Å². The van der Waals surface area contributed by atoms with Crippen molar-refractivity contribution in [2.24, 2.45) is 0 Å². The van der Waals surface area contributed by atoms with Gasteiger partial charge in [0.15, 0.2) is 0 Å². The van der Waals surface area contributed by atoms with Gasteiger partial charge in [-0.05, 0) is 38.5 Å². The molecule has 0 fully saturated rings. The molecule has 4 nitrogen and oxygen atoms in total. The molecule has 6 heteroatoms. The van der Waals surface area contributed by atoms with Crippen LogP contribution in [0, 0.1) is 18.3 Å². The van der Waals surface area contributed by atoms with E-state index in [9.17, 15) is 8.42 Å². The highest BCUT2D eigenvalue weighted by atomic mass is 79.9. The van der Waals surface area contributed by atoms with Gasteiger partial charge in [0, 0.05) is 23.5 Å². The maximum atomic E-state index is 12.6. The summed E-state index contributed by atoms with van der Waals surface area (Å²) < 4.78 is 27.4. The summed E-state index contributed by atoms with van der Waals surface area (Å²) in [5, 5.41) is 8.65. The highest BCUT2D eigenvalue weighted by Gasteiger charge is 2.28. The summed E-state index contributed by atoms with van der Waals surface area (Å²) in [7, 11) is -3.57. The molecule has 0 aliphatic heterocycles. The topological polar surface area (TPSA) is 61.2 Å². The van der Waals surface area contributed by atoms with E-state index in [0.29, 0.717) is 5.56 Å². The Bertz CT molecular complexity index is 591. The zero-order valence-corrected chi connectivity index (χ0v) is 13.6. The van der Waals surface area contributed by atoms with Crippen molar-refractivity contribution < 1.29 is 8.42 Å². The molecule has 0 aliphatic rings. The number of rotatable bonds is 5. The first-order valence-corrected chi connectivity index (χ1v) is 8.19. The molecule has 0 unspecified atom stereocenters. The van der Waals surface area contributed by atoms with Crippen LogP contribution in [-0.2, 0) is 10.0 Å². The molecule has 19 heavy (non-hydrogen) atoms. The third-order valence-corrected chi connectivity index (χ3v) is 5.47. The largest absolute Gasteiger partial charge is 0.243 e. The Morgan fingerprint density at radius 1 is 1.42 bits per heavy atom. The van der Waals surface area contributed by atoms with Gasteiger partial charge in [-0.1, -0.05) is 22.0 Å². The quantitative estimate of drug-likeness (QED) is 0.824. The van der Waals surface area contributed by atoms with E-state index in [0.717, 1.165) is 4.47 Å². The first-order chi connectivity index (χ1) is 8.80. The highest BCUT2D eigenvalue weighted by molar-refractivity contribution is 9.10. The summed E-state index contributed by atoms with van der Waals surface area (Å²) in [5.74, 6) is 0. The number of halogens is 1. The SMILES string of the molecule is Cc1ccc(Br)cc1S(=O)(=O)N(CCC#N)C(C)C. The van der Waals surface area contributed by atoms with Gasteiger partial charge in [0.1, 0.15) is 0 Å². The molecule has 0 N–H and O–H groups in total. The Labute approximate surface area is 123 Å².